The Morgan fingerprint density at radius 3 is 2.75 bits per heavy atom. The number of carbonyl (C=O) groups excluding carboxylic acids is 1. The Hall–Kier alpha value is -2.57. The van der Waals surface area contributed by atoms with Crippen LogP contribution in [0.2, 0.25) is 0 Å². The maximum atomic E-state index is 12.5. The first-order valence-electron chi connectivity index (χ1n) is 8.30. The number of carbonyl (C=O) groups is 1. The zero-order valence-electron chi connectivity index (χ0n) is 14.0. The molecule has 7 nitrogen and oxygen atoms in total. The van der Waals surface area contributed by atoms with E-state index in [1.165, 1.54) is 0 Å². The number of rotatable bonds is 6. The molecule has 0 fully saturated rings. The van der Waals surface area contributed by atoms with Crippen LogP contribution in [0.5, 0.6) is 11.5 Å². The molecule has 0 aliphatic heterocycles. The van der Waals surface area contributed by atoms with Crippen LogP contribution in [0, 0.1) is 5.92 Å². The second-order valence-electron chi connectivity index (χ2n) is 5.67. The molecule has 2 aromatic rings. The van der Waals surface area contributed by atoms with Crippen molar-refractivity contribution < 1.29 is 14.3 Å². The zero-order valence-corrected chi connectivity index (χ0v) is 14.0. The first-order valence-corrected chi connectivity index (χ1v) is 8.30. The molecule has 0 saturated heterocycles. The van der Waals surface area contributed by atoms with Gasteiger partial charge in [0.2, 0.25) is 5.91 Å². The number of amides is 1. The van der Waals surface area contributed by atoms with Crippen LogP contribution < -0.4 is 14.8 Å². The summed E-state index contributed by atoms with van der Waals surface area (Å²) in [5.74, 6) is 1.22. The van der Waals surface area contributed by atoms with E-state index in [1.54, 1.807) is 6.07 Å². The van der Waals surface area contributed by atoms with Gasteiger partial charge in [-0.1, -0.05) is 0 Å². The molecule has 0 bridgehead atoms. The Morgan fingerprint density at radius 1 is 1.21 bits per heavy atom. The molecule has 1 aliphatic carbocycles. The van der Waals surface area contributed by atoms with E-state index in [9.17, 15) is 4.79 Å². The van der Waals surface area contributed by atoms with Gasteiger partial charge in [0, 0.05) is 24.1 Å². The molecule has 1 amide bonds. The second kappa shape index (κ2) is 7.33. The monoisotopic (exact) mass is 330 g/mol. The molecule has 1 atom stereocenters. The fourth-order valence-corrected chi connectivity index (χ4v) is 2.88. The van der Waals surface area contributed by atoms with E-state index in [0.29, 0.717) is 36.8 Å². The van der Waals surface area contributed by atoms with Gasteiger partial charge in [-0.3, -0.25) is 4.79 Å². The maximum absolute atomic E-state index is 12.5. The number of nitrogens with one attached hydrogen (secondary N) is 2. The number of hydrogen-bond acceptors (Lipinski definition) is 5. The number of aromatic nitrogens is 3. The fourth-order valence-electron chi connectivity index (χ4n) is 2.88. The maximum Gasteiger partial charge on any atom is 0.227 e. The molecular formula is C17H22N4O3. The van der Waals surface area contributed by atoms with Crippen molar-refractivity contribution in [3.8, 4) is 11.5 Å². The predicted octanol–water partition coefficient (Wildman–Crippen LogP) is 2.35. The average molecular weight is 330 g/mol. The molecule has 7 heteroatoms. The topological polar surface area (TPSA) is 89.1 Å². The minimum atomic E-state index is -0.0929. The number of H-pyrrole nitrogens is 1. The Kier molecular flexibility index (Phi) is 4.98. The van der Waals surface area contributed by atoms with Gasteiger partial charge in [-0.15, -0.1) is 0 Å². The van der Waals surface area contributed by atoms with Gasteiger partial charge in [0.25, 0.3) is 0 Å². The van der Waals surface area contributed by atoms with Gasteiger partial charge in [0.05, 0.1) is 24.6 Å². The SMILES string of the molecule is CCOc1ccc(NC(=O)C2CCc3n[nH]nc3C2)cc1OCC. The van der Waals surface area contributed by atoms with Crippen LogP contribution in [0.25, 0.3) is 0 Å². The van der Waals surface area contributed by atoms with E-state index in [4.69, 9.17) is 9.47 Å². The van der Waals surface area contributed by atoms with Gasteiger partial charge in [-0.25, -0.2) is 0 Å². The number of aryl methyl sites for hydroxylation is 1. The van der Waals surface area contributed by atoms with E-state index in [2.05, 4.69) is 20.7 Å². The lowest BCUT2D eigenvalue weighted by Gasteiger charge is -2.20. The number of hydrogen-bond donors (Lipinski definition) is 2. The third kappa shape index (κ3) is 3.50. The molecule has 1 aromatic carbocycles. The van der Waals surface area contributed by atoms with Gasteiger partial charge in [0.15, 0.2) is 11.5 Å². The number of benzene rings is 1. The van der Waals surface area contributed by atoms with Crippen LogP contribution in [0.1, 0.15) is 31.7 Å². The van der Waals surface area contributed by atoms with Crippen LogP contribution in [0.15, 0.2) is 18.2 Å². The highest BCUT2D eigenvalue weighted by molar-refractivity contribution is 5.93. The van der Waals surface area contributed by atoms with Crippen LogP contribution in [-0.2, 0) is 17.6 Å². The molecule has 1 heterocycles. The molecule has 24 heavy (non-hydrogen) atoms. The first-order chi connectivity index (χ1) is 11.7. The molecule has 1 aliphatic rings. The van der Waals surface area contributed by atoms with Crippen molar-refractivity contribution in [3.63, 3.8) is 0 Å². The second-order valence-corrected chi connectivity index (χ2v) is 5.67. The van der Waals surface area contributed by atoms with Gasteiger partial charge >= 0.3 is 0 Å². The Bertz CT molecular complexity index is 714. The van der Waals surface area contributed by atoms with E-state index in [0.717, 1.165) is 24.2 Å². The molecule has 3 rings (SSSR count). The number of anilines is 1. The lowest BCUT2D eigenvalue weighted by atomic mass is 9.89. The molecule has 0 saturated carbocycles. The molecule has 128 valence electrons. The van der Waals surface area contributed by atoms with Crippen molar-refractivity contribution >= 4 is 11.6 Å². The number of nitrogens with zero attached hydrogens (tertiary/aromatic N) is 2. The summed E-state index contributed by atoms with van der Waals surface area (Å²) in [6.45, 7) is 4.94. The summed E-state index contributed by atoms with van der Waals surface area (Å²) >= 11 is 0. The van der Waals surface area contributed by atoms with Gasteiger partial charge < -0.3 is 14.8 Å². The van der Waals surface area contributed by atoms with Crippen LogP contribution in [-0.4, -0.2) is 34.5 Å². The van der Waals surface area contributed by atoms with Crippen molar-refractivity contribution in [1.29, 1.82) is 0 Å². The van der Waals surface area contributed by atoms with Gasteiger partial charge in [-0.05, 0) is 38.8 Å². The van der Waals surface area contributed by atoms with Crippen LogP contribution >= 0.6 is 0 Å². The van der Waals surface area contributed by atoms with Crippen molar-refractivity contribution in [3.05, 3.63) is 29.6 Å². The summed E-state index contributed by atoms with van der Waals surface area (Å²) in [6, 6.07) is 5.45. The van der Waals surface area contributed by atoms with E-state index in [-0.39, 0.29) is 11.8 Å². The third-order valence-corrected chi connectivity index (χ3v) is 4.05. The zero-order chi connectivity index (χ0) is 16.9. The summed E-state index contributed by atoms with van der Waals surface area (Å²) in [5, 5.41) is 13.8. The van der Waals surface area contributed by atoms with Gasteiger partial charge in [0.1, 0.15) is 0 Å². The van der Waals surface area contributed by atoms with Crippen molar-refractivity contribution in [2.45, 2.75) is 33.1 Å². The van der Waals surface area contributed by atoms with Crippen LogP contribution in [0.3, 0.4) is 0 Å². The molecule has 2 N–H and O–H groups in total. The summed E-state index contributed by atoms with van der Waals surface area (Å²) in [7, 11) is 0. The fraction of sp³-hybridized carbons (Fsp3) is 0.471. The lowest BCUT2D eigenvalue weighted by molar-refractivity contribution is -0.120. The Morgan fingerprint density at radius 2 is 1.96 bits per heavy atom. The quantitative estimate of drug-likeness (QED) is 0.848. The van der Waals surface area contributed by atoms with Gasteiger partial charge in [-0.2, -0.15) is 15.4 Å². The van der Waals surface area contributed by atoms with Crippen molar-refractivity contribution in [2.24, 2.45) is 5.92 Å². The third-order valence-electron chi connectivity index (χ3n) is 4.05. The largest absolute Gasteiger partial charge is 0.490 e. The highest BCUT2D eigenvalue weighted by atomic mass is 16.5. The standard InChI is InChI=1S/C17H22N4O3/c1-3-23-15-8-6-12(10-16(15)24-4-2)18-17(22)11-5-7-13-14(9-11)20-21-19-13/h6,8,10-11H,3-5,7,9H2,1-2H3,(H,18,22)(H,19,20,21). The number of fused-ring (bicyclic) bond motifs is 1. The summed E-state index contributed by atoms with van der Waals surface area (Å²) in [4.78, 5) is 12.5. The minimum Gasteiger partial charge on any atom is -0.490 e. The van der Waals surface area contributed by atoms with E-state index >= 15 is 0 Å². The molecule has 0 spiro atoms. The smallest absolute Gasteiger partial charge is 0.227 e. The lowest BCUT2D eigenvalue weighted by Crippen LogP contribution is -2.28. The molecular weight excluding hydrogens is 308 g/mol. The summed E-state index contributed by atoms with van der Waals surface area (Å²) in [5.41, 5.74) is 2.57. The van der Waals surface area contributed by atoms with Crippen molar-refractivity contribution in [2.75, 3.05) is 18.5 Å². The highest BCUT2D eigenvalue weighted by Crippen LogP contribution is 2.31. The molecule has 0 radical (unpaired) electrons. The van der Waals surface area contributed by atoms with Crippen LogP contribution in [0.4, 0.5) is 5.69 Å². The van der Waals surface area contributed by atoms with Crippen molar-refractivity contribution in [1.82, 2.24) is 15.4 Å². The summed E-state index contributed by atoms with van der Waals surface area (Å²) < 4.78 is 11.1. The molecule has 1 aromatic heterocycles. The normalized spacial score (nSPS) is 16.3. The number of aromatic amines is 1. The Balaban J connectivity index is 1.69. The van der Waals surface area contributed by atoms with E-state index in [1.807, 2.05) is 26.0 Å². The number of ether oxygens (including phenoxy) is 2. The first kappa shape index (κ1) is 16.3. The minimum absolute atomic E-state index is 0.00439. The predicted molar refractivity (Wildman–Crippen MR) is 89.3 cm³/mol. The average Bonchev–Trinajstić information content (AvgIpc) is 3.05. The van der Waals surface area contributed by atoms with E-state index < -0.39 is 0 Å². The highest BCUT2D eigenvalue weighted by Gasteiger charge is 2.27. The summed E-state index contributed by atoms with van der Waals surface area (Å²) in [6.07, 6.45) is 2.17. The Labute approximate surface area is 140 Å². The molecule has 1 unspecified atom stereocenters.